The van der Waals surface area contributed by atoms with Crippen LogP contribution in [0.15, 0.2) is 53.6 Å². The summed E-state index contributed by atoms with van der Waals surface area (Å²) in [4.78, 5) is 20.4. The van der Waals surface area contributed by atoms with E-state index in [1.165, 1.54) is 17.7 Å². The number of hydrogen-bond donors (Lipinski definition) is 1. The van der Waals surface area contributed by atoms with Crippen molar-refractivity contribution in [1.82, 2.24) is 0 Å². The Bertz CT molecular complexity index is 775. The standard InChI is InChI=1S/C16H16N4O4/c1-12(7-8-13-5-3-2-4-6-13)17-18-15-10-9-14(19(21)22)11-16(15)20(23)24/h2-6,9-11,18H,7-8H2,1H3/b17-12-. The molecule has 0 radical (unpaired) electrons. The molecule has 0 fully saturated rings. The second-order valence-corrected chi connectivity index (χ2v) is 5.16. The van der Waals surface area contributed by atoms with Crippen LogP contribution in [-0.2, 0) is 6.42 Å². The largest absolute Gasteiger partial charge is 0.301 e. The molecule has 0 spiro atoms. The lowest BCUT2D eigenvalue weighted by molar-refractivity contribution is -0.393. The molecule has 8 nitrogen and oxygen atoms in total. The molecule has 2 rings (SSSR count). The van der Waals surface area contributed by atoms with Gasteiger partial charge in [-0.2, -0.15) is 5.10 Å². The Kier molecular flexibility index (Phi) is 5.56. The van der Waals surface area contributed by atoms with Crippen LogP contribution in [0.2, 0.25) is 0 Å². The Morgan fingerprint density at radius 3 is 2.42 bits per heavy atom. The number of nitrogens with one attached hydrogen (secondary N) is 1. The normalized spacial score (nSPS) is 11.1. The van der Waals surface area contributed by atoms with Crippen LogP contribution in [0.1, 0.15) is 18.9 Å². The number of anilines is 1. The van der Waals surface area contributed by atoms with Gasteiger partial charge in [-0.3, -0.25) is 25.7 Å². The van der Waals surface area contributed by atoms with Gasteiger partial charge >= 0.3 is 5.69 Å². The van der Waals surface area contributed by atoms with Crippen molar-refractivity contribution in [2.24, 2.45) is 5.10 Å². The van der Waals surface area contributed by atoms with E-state index in [1.807, 2.05) is 37.3 Å². The second kappa shape index (κ2) is 7.82. The van der Waals surface area contributed by atoms with E-state index in [0.29, 0.717) is 6.42 Å². The van der Waals surface area contributed by atoms with Crippen molar-refractivity contribution in [3.05, 3.63) is 74.3 Å². The second-order valence-electron chi connectivity index (χ2n) is 5.16. The molecular weight excluding hydrogens is 312 g/mol. The molecule has 0 aliphatic rings. The van der Waals surface area contributed by atoms with Gasteiger partial charge in [0.15, 0.2) is 0 Å². The van der Waals surface area contributed by atoms with Gasteiger partial charge in [-0.05, 0) is 31.4 Å². The Balaban J connectivity index is 2.07. The summed E-state index contributed by atoms with van der Waals surface area (Å²) in [6.45, 7) is 1.81. The number of benzene rings is 2. The maximum Gasteiger partial charge on any atom is 0.301 e. The zero-order valence-electron chi connectivity index (χ0n) is 13.0. The maximum absolute atomic E-state index is 11.0. The van der Waals surface area contributed by atoms with Crippen LogP contribution in [0, 0.1) is 20.2 Å². The molecule has 0 heterocycles. The van der Waals surface area contributed by atoms with Crippen LogP contribution in [-0.4, -0.2) is 15.6 Å². The fourth-order valence-electron chi connectivity index (χ4n) is 2.06. The predicted molar refractivity (Wildman–Crippen MR) is 91.2 cm³/mol. The molecule has 8 heteroatoms. The molecule has 0 saturated heterocycles. The van der Waals surface area contributed by atoms with Crippen LogP contribution < -0.4 is 5.43 Å². The number of nitro benzene ring substituents is 2. The number of non-ortho nitro benzene ring substituents is 1. The first-order valence-corrected chi connectivity index (χ1v) is 7.23. The first kappa shape index (κ1) is 17.1. The summed E-state index contributed by atoms with van der Waals surface area (Å²) in [5.74, 6) is 0. The van der Waals surface area contributed by atoms with Gasteiger partial charge in [0.05, 0.1) is 15.9 Å². The fourth-order valence-corrected chi connectivity index (χ4v) is 2.06. The topological polar surface area (TPSA) is 111 Å². The van der Waals surface area contributed by atoms with Crippen LogP contribution in [0.3, 0.4) is 0 Å². The third-order valence-electron chi connectivity index (χ3n) is 3.37. The Morgan fingerprint density at radius 2 is 1.79 bits per heavy atom. The predicted octanol–water partition coefficient (Wildman–Crippen LogP) is 3.92. The van der Waals surface area contributed by atoms with Crippen molar-refractivity contribution in [1.29, 1.82) is 0 Å². The summed E-state index contributed by atoms with van der Waals surface area (Å²) in [7, 11) is 0. The number of nitrogens with zero attached hydrogens (tertiary/aromatic N) is 3. The molecule has 0 aromatic heterocycles. The molecular formula is C16H16N4O4. The molecule has 0 atom stereocenters. The summed E-state index contributed by atoms with van der Waals surface area (Å²) >= 11 is 0. The SMILES string of the molecule is C/C(CCc1ccccc1)=N/Nc1ccc([N+](=O)[O-])cc1[N+](=O)[O-]. The Morgan fingerprint density at radius 1 is 1.08 bits per heavy atom. The van der Waals surface area contributed by atoms with Crippen LogP contribution >= 0.6 is 0 Å². The van der Waals surface area contributed by atoms with Crippen molar-refractivity contribution >= 4 is 22.8 Å². The lowest BCUT2D eigenvalue weighted by Crippen LogP contribution is -2.02. The van der Waals surface area contributed by atoms with Crippen molar-refractivity contribution in [2.75, 3.05) is 5.43 Å². The van der Waals surface area contributed by atoms with Gasteiger partial charge in [-0.1, -0.05) is 30.3 Å². The molecule has 0 aliphatic heterocycles. The quantitative estimate of drug-likeness (QED) is 0.470. The lowest BCUT2D eigenvalue weighted by Gasteiger charge is -2.05. The van der Waals surface area contributed by atoms with Gasteiger partial charge in [-0.25, -0.2) is 0 Å². The average molecular weight is 328 g/mol. The highest BCUT2D eigenvalue weighted by Crippen LogP contribution is 2.28. The molecule has 124 valence electrons. The van der Waals surface area contributed by atoms with Crippen LogP contribution in [0.25, 0.3) is 0 Å². The van der Waals surface area contributed by atoms with Crippen molar-refractivity contribution in [3.8, 4) is 0 Å². The van der Waals surface area contributed by atoms with Crippen molar-refractivity contribution in [2.45, 2.75) is 19.8 Å². The summed E-state index contributed by atoms with van der Waals surface area (Å²) in [5.41, 5.74) is 3.96. The van der Waals surface area contributed by atoms with E-state index in [9.17, 15) is 20.2 Å². The highest BCUT2D eigenvalue weighted by molar-refractivity contribution is 5.83. The third kappa shape index (κ3) is 4.60. The van der Waals surface area contributed by atoms with Gasteiger partial charge in [0.2, 0.25) is 0 Å². The molecule has 24 heavy (non-hydrogen) atoms. The molecule has 0 unspecified atom stereocenters. The van der Waals surface area contributed by atoms with Crippen LogP contribution in [0.4, 0.5) is 17.1 Å². The highest BCUT2D eigenvalue weighted by Gasteiger charge is 2.19. The van der Waals surface area contributed by atoms with Crippen LogP contribution in [0.5, 0.6) is 0 Å². The fraction of sp³-hybridized carbons (Fsp3) is 0.188. The van der Waals surface area contributed by atoms with E-state index in [4.69, 9.17) is 0 Å². The monoisotopic (exact) mass is 328 g/mol. The van der Waals surface area contributed by atoms with Gasteiger partial charge in [-0.15, -0.1) is 0 Å². The molecule has 2 aromatic rings. The van der Waals surface area contributed by atoms with E-state index in [-0.39, 0.29) is 17.1 Å². The smallest absolute Gasteiger partial charge is 0.272 e. The van der Waals surface area contributed by atoms with E-state index >= 15 is 0 Å². The number of nitro groups is 2. The zero-order chi connectivity index (χ0) is 17.5. The minimum atomic E-state index is -0.676. The first-order chi connectivity index (χ1) is 11.5. The van der Waals surface area contributed by atoms with Gasteiger partial charge in [0.25, 0.3) is 5.69 Å². The zero-order valence-corrected chi connectivity index (χ0v) is 13.0. The van der Waals surface area contributed by atoms with E-state index in [1.54, 1.807) is 0 Å². The van der Waals surface area contributed by atoms with Crippen molar-refractivity contribution < 1.29 is 9.85 Å². The van der Waals surface area contributed by atoms with Gasteiger partial charge in [0, 0.05) is 11.8 Å². The Hall–Kier alpha value is -3.29. The number of hydrogen-bond acceptors (Lipinski definition) is 6. The van der Waals surface area contributed by atoms with Gasteiger partial charge < -0.3 is 0 Å². The van der Waals surface area contributed by atoms with E-state index < -0.39 is 9.85 Å². The molecule has 0 amide bonds. The summed E-state index contributed by atoms with van der Waals surface area (Å²) in [6.07, 6.45) is 1.50. The maximum atomic E-state index is 11.0. The summed E-state index contributed by atoms with van der Waals surface area (Å²) < 4.78 is 0. The molecule has 0 aliphatic carbocycles. The molecule has 2 aromatic carbocycles. The number of aryl methyl sites for hydroxylation is 1. The lowest BCUT2D eigenvalue weighted by atomic mass is 10.1. The summed E-state index contributed by atoms with van der Waals surface area (Å²) in [6, 6.07) is 13.3. The minimum absolute atomic E-state index is 0.115. The summed E-state index contributed by atoms with van der Waals surface area (Å²) in [5, 5.41) is 25.9. The Labute approximate surface area is 138 Å². The van der Waals surface area contributed by atoms with Gasteiger partial charge in [0.1, 0.15) is 5.69 Å². The third-order valence-corrected chi connectivity index (χ3v) is 3.37. The minimum Gasteiger partial charge on any atom is -0.272 e. The highest BCUT2D eigenvalue weighted by atomic mass is 16.6. The van der Waals surface area contributed by atoms with Crippen molar-refractivity contribution in [3.63, 3.8) is 0 Å². The number of rotatable bonds is 7. The average Bonchev–Trinajstić information content (AvgIpc) is 2.58. The van der Waals surface area contributed by atoms with E-state index in [0.717, 1.165) is 18.2 Å². The number of hydrazone groups is 1. The first-order valence-electron chi connectivity index (χ1n) is 7.23. The molecule has 0 bridgehead atoms. The molecule has 1 N–H and O–H groups in total. The molecule has 0 saturated carbocycles. The van der Waals surface area contributed by atoms with E-state index in [2.05, 4.69) is 10.5 Å².